The Morgan fingerprint density at radius 2 is 1.87 bits per heavy atom. The van der Waals surface area contributed by atoms with Crippen LogP contribution in [-0.4, -0.2) is 36.9 Å². The maximum absolute atomic E-state index is 12.7. The molecular weight excluding hydrogens is 322 g/mol. The summed E-state index contributed by atoms with van der Waals surface area (Å²) < 4.78 is 26.5. The predicted molar refractivity (Wildman–Crippen MR) is 82.5 cm³/mol. The molecule has 0 spiro atoms. The molecule has 0 saturated heterocycles. The lowest BCUT2D eigenvalue weighted by atomic mass is 10.3. The van der Waals surface area contributed by atoms with Crippen LogP contribution in [0.5, 0.6) is 0 Å². The van der Waals surface area contributed by atoms with Crippen molar-refractivity contribution in [2.24, 2.45) is 5.73 Å². The highest BCUT2D eigenvalue weighted by Gasteiger charge is 2.27. The minimum absolute atomic E-state index is 0.144. The number of nitrogens with zero attached hydrogens (tertiary/aromatic N) is 1. The van der Waals surface area contributed by atoms with Crippen LogP contribution in [-0.2, 0) is 14.8 Å². The van der Waals surface area contributed by atoms with Crippen LogP contribution in [0, 0.1) is 0 Å². The Kier molecular flexibility index (Phi) is 4.70. The molecule has 0 aliphatic rings. The quantitative estimate of drug-likeness (QED) is 0.686. The van der Waals surface area contributed by atoms with Crippen molar-refractivity contribution >= 4 is 27.6 Å². The highest BCUT2D eigenvalue weighted by Crippen LogP contribution is 2.24. The number of rotatable bonds is 7. The van der Waals surface area contributed by atoms with Crippen molar-refractivity contribution in [3.8, 4) is 0 Å². The van der Waals surface area contributed by atoms with Crippen LogP contribution < -0.4 is 10.0 Å². The molecule has 0 unspecified atom stereocenters. The zero-order valence-electron chi connectivity index (χ0n) is 12.0. The van der Waals surface area contributed by atoms with E-state index in [2.05, 4.69) is 4.98 Å². The summed E-state index contributed by atoms with van der Waals surface area (Å²) in [6.07, 6.45) is 0.934. The van der Waals surface area contributed by atoms with Crippen LogP contribution in [0.1, 0.15) is 16.9 Å². The van der Waals surface area contributed by atoms with Gasteiger partial charge in [0.2, 0.25) is 5.91 Å². The fraction of sp³-hybridized carbons (Fsp3) is 0.143. The van der Waals surface area contributed by atoms with Crippen LogP contribution >= 0.6 is 0 Å². The molecule has 0 fully saturated rings. The van der Waals surface area contributed by atoms with Crippen LogP contribution in [0.2, 0.25) is 0 Å². The van der Waals surface area contributed by atoms with E-state index >= 15 is 0 Å². The number of carboxylic acids is 1. The number of benzene rings is 1. The number of H-pyrrole nitrogens is 1. The zero-order valence-corrected chi connectivity index (χ0v) is 12.8. The lowest BCUT2D eigenvalue weighted by Crippen LogP contribution is -2.34. The van der Waals surface area contributed by atoms with Gasteiger partial charge in [0.25, 0.3) is 10.0 Å². The van der Waals surface area contributed by atoms with Crippen LogP contribution in [0.4, 0.5) is 5.69 Å². The lowest BCUT2D eigenvalue weighted by molar-refractivity contribution is -0.117. The number of aromatic amines is 1. The largest absolute Gasteiger partial charge is 0.477 e. The molecule has 1 aromatic carbocycles. The van der Waals surface area contributed by atoms with Crippen LogP contribution in [0.25, 0.3) is 0 Å². The molecule has 0 aliphatic heterocycles. The predicted octanol–water partition coefficient (Wildman–Crippen LogP) is 0.784. The number of sulfonamides is 1. The summed E-state index contributed by atoms with van der Waals surface area (Å²) in [4.78, 5) is 24.1. The standard InChI is InChI=1S/C14H15N3O5S/c15-13(18)6-7-17(10-4-2-1-3-5-10)23(21,22)11-8-12(14(19)20)16-9-11/h1-5,8-9,16H,6-7H2,(H2,15,18)(H,19,20). The number of hydrogen-bond donors (Lipinski definition) is 3. The Morgan fingerprint density at radius 3 is 2.39 bits per heavy atom. The van der Waals surface area contributed by atoms with Gasteiger partial charge < -0.3 is 15.8 Å². The van der Waals surface area contributed by atoms with E-state index in [1.165, 1.54) is 0 Å². The molecule has 23 heavy (non-hydrogen) atoms. The molecule has 9 heteroatoms. The first kappa shape index (κ1) is 16.6. The number of aromatic carboxylic acids is 1. The molecule has 0 aliphatic carbocycles. The maximum atomic E-state index is 12.7. The fourth-order valence-corrected chi connectivity index (χ4v) is 3.43. The van der Waals surface area contributed by atoms with E-state index in [0.717, 1.165) is 16.6 Å². The maximum Gasteiger partial charge on any atom is 0.352 e. The van der Waals surface area contributed by atoms with Gasteiger partial charge in [-0.25, -0.2) is 13.2 Å². The Bertz CT molecular complexity index is 814. The summed E-state index contributed by atoms with van der Waals surface area (Å²) >= 11 is 0. The molecule has 2 aromatic rings. The lowest BCUT2D eigenvalue weighted by Gasteiger charge is -2.23. The van der Waals surface area contributed by atoms with Crippen molar-refractivity contribution < 1.29 is 23.1 Å². The highest BCUT2D eigenvalue weighted by molar-refractivity contribution is 7.92. The number of nitrogens with two attached hydrogens (primary N) is 1. The van der Waals surface area contributed by atoms with Crippen LogP contribution in [0.3, 0.4) is 0 Å². The third kappa shape index (κ3) is 3.69. The number of carboxylic acid groups (broad SMARTS) is 1. The fourth-order valence-electron chi connectivity index (χ4n) is 1.97. The van der Waals surface area contributed by atoms with E-state index in [4.69, 9.17) is 10.8 Å². The van der Waals surface area contributed by atoms with Crippen molar-refractivity contribution in [2.45, 2.75) is 11.3 Å². The van der Waals surface area contributed by atoms with Crippen molar-refractivity contribution in [1.29, 1.82) is 0 Å². The first-order valence-electron chi connectivity index (χ1n) is 6.60. The SMILES string of the molecule is NC(=O)CCN(c1ccccc1)S(=O)(=O)c1c[nH]c(C(=O)O)c1. The van der Waals surface area contributed by atoms with E-state index in [1.807, 2.05) is 0 Å². The summed E-state index contributed by atoms with van der Waals surface area (Å²) in [5, 5.41) is 8.89. The molecule has 0 saturated carbocycles. The molecule has 0 bridgehead atoms. The van der Waals surface area contributed by atoms with Gasteiger partial charge in [-0.3, -0.25) is 9.10 Å². The number of amides is 1. The highest BCUT2D eigenvalue weighted by atomic mass is 32.2. The van der Waals surface area contributed by atoms with E-state index in [0.29, 0.717) is 5.69 Å². The monoisotopic (exact) mass is 337 g/mol. The van der Waals surface area contributed by atoms with Crippen molar-refractivity contribution in [2.75, 3.05) is 10.8 Å². The summed E-state index contributed by atoms with van der Waals surface area (Å²) in [6.45, 7) is -0.144. The minimum atomic E-state index is -4.03. The average Bonchev–Trinajstić information content (AvgIpc) is 2.99. The van der Waals surface area contributed by atoms with E-state index < -0.39 is 21.9 Å². The van der Waals surface area contributed by atoms with Gasteiger partial charge in [0.05, 0.1) is 5.69 Å². The molecular formula is C14H15N3O5S. The van der Waals surface area contributed by atoms with Gasteiger partial charge in [-0.05, 0) is 18.2 Å². The van der Waals surface area contributed by atoms with Gasteiger partial charge in [0.1, 0.15) is 10.6 Å². The second kappa shape index (κ2) is 6.53. The third-order valence-electron chi connectivity index (χ3n) is 3.08. The second-order valence-electron chi connectivity index (χ2n) is 4.68. The van der Waals surface area contributed by atoms with Gasteiger partial charge >= 0.3 is 5.97 Å². The number of aromatic nitrogens is 1. The molecule has 8 nitrogen and oxygen atoms in total. The Hall–Kier alpha value is -2.81. The number of para-hydroxylation sites is 1. The Labute approximate surface area is 132 Å². The van der Waals surface area contributed by atoms with Gasteiger partial charge in [0.15, 0.2) is 0 Å². The molecule has 1 aromatic heterocycles. The minimum Gasteiger partial charge on any atom is -0.477 e. The average molecular weight is 337 g/mol. The number of hydrogen-bond acceptors (Lipinski definition) is 4. The van der Waals surface area contributed by atoms with Crippen LogP contribution in [0.15, 0.2) is 47.5 Å². The number of nitrogens with one attached hydrogen (secondary N) is 1. The summed E-state index contributed by atoms with van der Waals surface area (Å²) in [5.74, 6) is -1.91. The summed E-state index contributed by atoms with van der Waals surface area (Å²) in [5.41, 5.74) is 5.21. The van der Waals surface area contributed by atoms with Crippen molar-refractivity contribution in [3.05, 3.63) is 48.3 Å². The van der Waals surface area contributed by atoms with Gasteiger partial charge in [-0.2, -0.15) is 0 Å². The smallest absolute Gasteiger partial charge is 0.352 e. The number of anilines is 1. The van der Waals surface area contributed by atoms with Gasteiger partial charge in [-0.1, -0.05) is 18.2 Å². The first-order chi connectivity index (χ1) is 10.8. The van der Waals surface area contributed by atoms with Gasteiger partial charge in [-0.15, -0.1) is 0 Å². The topological polar surface area (TPSA) is 134 Å². The van der Waals surface area contributed by atoms with E-state index in [1.54, 1.807) is 30.3 Å². The zero-order chi connectivity index (χ0) is 17.0. The molecule has 122 valence electrons. The third-order valence-corrected chi connectivity index (χ3v) is 4.89. The Morgan fingerprint density at radius 1 is 1.22 bits per heavy atom. The Balaban J connectivity index is 2.43. The normalized spacial score (nSPS) is 11.1. The molecule has 2 rings (SSSR count). The molecule has 1 amide bonds. The molecule has 1 heterocycles. The van der Waals surface area contributed by atoms with Gasteiger partial charge in [0, 0.05) is 19.2 Å². The van der Waals surface area contributed by atoms with Crippen molar-refractivity contribution in [3.63, 3.8) is 0 Å². The molecule has 4 N–H and O–H groups in total. The first-order valence-corrected chi connectivity index (χ1v) is 8.04. The number of carbonyl (C=O) groups is 2. The number of carbonyl (C=O) groups excluding carboxylic acids is 1. The summed E-state index contributed by atoms with van der Waals surface area (Å²) in [7, 11) is -4.03. The molecule has 0 atom stereocenters. The molecule has 0 radical (unpaired) electrons. The van der Waals surface area contributed by atoms with E-state index in [9.17, 15) is 18.0 Å². The second-order valence-corrected chi connectivity index (χ2v) is 6.55. The van der Waals surface area contributed by atoms with Crippen molar-refractivity contribution in [1.82, 2.24) is 4.98 Å². The summed E-state index contributed by atoms with van der Waals surface area (Å²) in [6, 6.07) is 9.20. The number of primary amides is 1. The van der Waals surface area contributed by atoms with E-state index in [-0.39, 0.29) is 23.6 Å².